The number of carboxylic acids is 1. The number of hydrogen-bond acceptors (Lipinski definition) is 4. The molecular formula is C13H10N4O2. The number of aromatic nitrogens is 4. The standard InChI is InChI=1S/C13H10N4O2/c18-13(19)9-4-5-11-12(7-9)17(16-15-11)8-10-3-1-2-6-14-10/h1-7H,8H2,(H,18,19). The number of aromatic carboxylic acids is 1. The molecule has 6 heteroatoms. The predicted molar refractivity (Wildman–Crippen MR) is 67.8 cm³/mol. The molecule has 0 radical (unpaired) electrons. The van der Waals surface area contributed by atoms with Crippen molar-refractivity contribution in [2.24, 2.45) is 0 Å². The van der Waals surface area contributed by atoms with E-state index >= 15 is 0 Å². The van der Waals surface area contributed by atoms with Crippen molar-refractivity contribution in [1.82, 2.24) is 20.0 Å². The fraction of sp³-hybridized carbons (Fsp3) is 0.0769. The summed E-state index contributed by atoms with van der Waals surface area (Å²) in [4.78, 5) is 15.2. The number of benzene rings is 1. The van der Waals surface area contributed by atoms with E-state index in [1.165, 1.54) is 6.07 Å². The van der Waals surface area contributed by atoms with E-state index in [9.17, 15) is 4.79 Å². The van der Waals surface area contributed by atoms with Crippen molar-refractivity contribution in [2.75, 3.05) is 0 Å². The number of carbonyl (C=O) groups is 1. The zero-order valence-corrected chi connectivity index (χ0v) is 9.89. The van der Waals surface area contributed by atoms with E-state index in [0.29, 0.717) is 17.6 Å². The molecule has 3 rings (SSSR count). The third kappa shape index (κ3) is 2.15. The van der Waals surface area contributed by atoms with Crippen LogP contribution in [0.3, 0.4) is 0 Å². The second kappa shape index (κ2) is 4.49. The third-order valence-corrected chi connectivity index (χ3v) is 2.80. The van der Waals surface area contributed by atoms with E-state index in [2.05, 4.69) is 15.3 Å². The van der Waals surface area contributed by atoms with Crippen molar-refractivity contribution < 1.29 is 9.90 Å². The monoisotopic (exact) mass is 254 g/mol. The van der Waals surface area contributed by atoms with Gasteiger partial charge in [-0.25, -0.2) is 9.48 Å². The molecule has 0 aliphatic carbocycles. The third-order valence-electron chi connectivity index (χ3n) is 2.80. The molecule has 0 fully saturated rings. The Bertz CT molecular complexity index is 737. The summed E-state index contributed by atoms with van der Waals surface area (Å²) in [5.41, 5.74) is 2.42. The molecule has 0 saturated heterocycles. The van der Waals surface area contributed by atoms with Gasteiger partial charge >= 0.3 is 5.97 Å². The van der Waals surface area contributed by atoms with Gasteiger partial charge in [0.2, 0.25) is 0 Å². The van der Waals surface area contributed by atoms with Gasteiger partial charge in [-0.1, -0.05) is 11.3 Å². The van der Waals surface area contributed by atoms with Crippen LogP contribution >= 0.6 is 0 Å². The molecule has 1 aromatic carbocycles. The first-order valence-corrected chi connectivity index (χ1v) is 5.70. The molecule has 2 aromatic heterocycles. The molecule has 0 unspecified atom stereocenters. The molecule has 6 nitrogen and oxygen atoms in total. The van der Waals surface area contributed by atoms with Gasteiger partial charge in [0.05, 0.1) is 23.3 Å². The van der Waals surface area contributed by atoms with Gasteiger partial charge in [-0.3, -0.25) is 4.98 Å². The van der Waals surface area contributed by atoms with E-state index < -0.39 is 5.97 Å². The van der Waals surface area contributed by atoms with Crippen LogP contribution in [0.4, 0.5) is 0 Å². The van der Waals surface area contributed by atoms with E-state index in [4.69, 9.17) is 5.11 Å². The van der Waals surface area contributed by atoms with Crippen LogP contribution in [0.2, 0.25) is 0 Å². The minimum Gasteiger partial charge on any atom is -0.478 e. The maximum atomic E-state index is 11.0. The molecule has 0 aliphatic heterocycles. The molecule has 2 heterocycles. The van der Waals surface area contributed by atoms with E-state index in [1.807, 2.05) is 18.2 Å². The summed E-state index contributed by atoms with van der Waals surface area (Å²) in [6.45, 7) is 0.459. The van der Waals surface area contributed by atoms with E-state index in [1.54, 1.807) is 23.0 Å². The first-order valence-electron chi connectivity index (χ1n) is 5.70. The Morgan fingerprint density at radius 3 is 2.89 bits per heavy atom. The Hall–Kier alpha value is -2.76. The van der Waals surface area contributed by atoms with Crippen LogP contribution in [0.5, 0.6) is 0 Å². The van der Waals surface area contributed by atoms with Crippen LogP contribution in [-0.4, -0.2) is 31.1 Å². The van der Waals surface area contributed by atoms with Crippen molar-refractivity contribution >= 4 is 17.0 Å². The first-order chi connectivity index (χ1) is 9.24. The number of hydrogen-bond donors (Lipinski definition) is 1. The van der Waals surface area contributed by atoms with Gasteiger partial charge < -0.3 is 5.11 Å². The number of carboxylic acid groups (broad SMARTS) is 1. The lowest BCUT2D eigenvalue weighted by Crippen LogP contribution is -2.04. The van der Waals surface area contributed by atoms with Gasteiger partial charge in [0.15, 0.2) is 0 Å². The highest BCUT2D eigenvalue weighted by molar-refractivity contribution is 5.92. The van der Waals surface area contributed by atoms with Gasteiger partial charge in [0.1, 0.15) is 5.52 Å². The van der Waals surface area contributed by atoms with Gasteiger partial charge in [0, 0.05) is 6.20 Å². The van der Waals surface area contributed by atoms with Crippen LogP contribution in [-0.2, 0) is 6.54 Å². The Morgan fingerprint density at radius 2 is 2.16 bits per heavy atom. The second-order valence-electron chi connectivity index (χ2n) is 4.08. The molecule has 3 aromatic rings. The Balaban J connectivity index is 2.04. The van der Waals surface area contributed by atoms with Gasteiger partial charge in [0.25, 0.3) is 0 Å². The summed E-state index contributed by atoms with van der Waals surface area (Å²) in [5, 5.41) is 17.0. The Morgan fingerprint density at radius 1 is 1.26 bits per heavy atom. The molecule has 1 N–H and O–H groups in total. The summed E-state index contributed by atoms with van der Waals surface area (Å²) in [6.07, 6.45) is 1.71. The van der Waals surface area contributed by atoms with E-state index in [0.717, 1.165) is 5.69 Å². The zero-order chi connectivity index (χ0) is 13.2. The van der Waals surface area contributed by atoms with Gasteiger partial charge in [-0.15, -0.1) is 5.10 Å². The SMILES string of the molecule is O=C(O)c1ccc2nnn(Cc3ccccn3)c2c1. The second-order valence-corrected chi connectivity index (χ2v) is 4.08. The van der Waals surface area contributed by atoms with Crippen molar-refractivity contribution in [1.29, 1.82) is 0 Å². The summed E-state index contributed by atoms with van der Waals surface area (Å²) in [7, 11) is 0. The number of rotatable bonds is 3. The molecule has 0 amide bonds. The Kier molecular flexibility index (Phi) is 2.68. The summed E-state index contributed by atoms with van der Waals surface area (Å²) >= 11 is 0. The maximum Gasteiger partial charge on any atom is 0.335 e. The minimum atomic E-state index is -0.965. The highest BCUT2D eigenvalue weighted by atomic mass is 16.4. The summed E-state index contributed by atoms with van der Waals surface area (Å²) < 4.78 is 1.64. The number of fused-ring (bicyclic) bond motifs is 1. The minimum absolute atomic E-state index is 0.220. The normalized spacial score (nSPS) is 10.7. The molecular weight excluding hydrogens is 244 g/mol. The van der Waals surface area contributed by atoms with Crippen LogP contribution < -0.4 is 0 Å². The lowest BCUT2D eigenvalue weighted by atomic mass is 10.2. The fourth-order valence-corrected chi connectivity index (χ4v) is 1.86. The lowest BCUT2D eigenvalue weighted by Gasteiger charge is -2.02. The maximum absolute atomic E-state index is 11.0. The zero-order valence-electron chi connectivity index (χ0n) is 9.89. The quantitative estimate of drug-likeness (QED) is 0.767. The van der Waals surface area contributed by atoms with E-state index in [-0.39, 0.29) is 5.56 Å². The van der Waals surface area contributed by atoms with Crippen molar-refractivity contribution in [3.63, 3.8) is 0 Å². The highest BCUT2D eigenvalue weighted by Crippen LogP contribution is 2.14. The highest BCUT2D eigenvalue weighted by Gasteiger charge is 2.09. The molecule has 94 valence electrons. The molecule has 0 atom stereocenters. The first kappa shape index (κ1) is 11.3. The van der Waals surface area contributed by atoms with Crippen molar-refractivity contribution in [2.45, 2.75) is 6.54 Å². The smallest absolute Gasteiger partial charge is 0.335 e. The summed E-state index contributed by atoms with van der Waals surface area (Å²) in [6, 6.07) is 10.4. The van der Waals surface area contributed by atoms with Gasteiger partial charge in [-0.05, 0) is 30.3 Å². The predicted octanol–water partition coefficient (Wildman–Crippen LogP) is 1.57. The Labute approximate surface area is 108 Å². The average Bonchev–Trinajstić information content (AvgIpc) is 2.82. The topological polar surface area (TPSA) is 80.9 Å². The number of pyridine rings is 1. The van der Waals surface area contributed by atoms with Crippen molar-refractivity contribution in [3.8, 4) is 0 Å². The molecule has 19 heavy (non-hydrogen) atoms. The van der Waals surface area contributed by atoms with Crippen LogP contribution in [0.25, 0.3) is 11.0 Å². The van der Waals surface area contributed by atoms with Gasteiger partial charge in [-0.2, -0.15) is 0 Å². The molecule has 0 aliphatic rings. The van der Waals surface area contributed by atoms with Crippen LogP contribution in [0.1, 0.15) is 16.1 Å². The largest absolute Gasteiger partial charge is 0.478 e. The molecule has 0 spiro atoms. The molecule has 0 bridgehead atoms. The average molecular weight is 254 g/mol. The lowest BCUT2D eigenvalue weighted by molar-refractivity contribution is 0.0697. The van der Waals surface area contributed by atoms with Crippen LogP contribution in [0, 0.1) is 0 Å². The summed E-state index contributed by atoms with van der Waals surface area (Å²) in [5.74, 6) is -0.965. The molecule has 0 saturated carbocycles. The fourth-order valence-electron chi connectivity index (χ4n) is 1.86. The van der Waals surface area contributed by atoms with Crippen molar-refractivity contribution in [3.05, 3.63) is 53.9 Å². The number of nitrogens with zero attached hydrogens (tertiary/aromatic N) is 4. The van der Waals surface area contributed by atoms with Crippen LogP contribution in [0.15, 0.2) is 42.6 Å².